The molecule has 0 heterocycles. The quantitative estimate of drug-likeness (QED) is 0.614. The smallest absolute Gasteiger partial charge is 0.0610 e. The second-order valence-electron chi connectivity index (χ2n) is 4.07. The highest BCUT2D eigenvalue weighted by Gasteiger charge is 2.15. The summed E-state index contributed by atoms with van der Waals surface area (Å²) in [6, 6.07) is 8.30. The molecule has 0 aliphatic heterocycles. The molecular weight excluding hydrogens is 192 g/mol. The molecule has 78 valence electrons. The average Bonchev–Trinajstić information content (AvgIpc) is 2.01. The van der Waals surface area contributed by atoms with Gasteiger partial charge in [0.1, 0.15) is 0 Å². The van der Waals surface area contributed by atoms with Crippen LogP contribution in [0.3, 0.4) is 0 Å². The monoisotopic (exact) mass is 210 g/mol. The third kappa shape index (κ3) is 3.24. The van der Waals surface area contributed by atoms with Crippen LogP contribution in [-0.2, 0) is 0 Å². The van der Waals surface area contributed by atoms with Crippen LogP contribution >= 0.6 is 11.8 Å². The van der Waals surface area contributed by atoms with Crippen molar-refractivity contribution in [3.05, 3.63) is 24.3 Å². The Labute approximate surface area is 90.5 Å². The summed E-state index contributed by atoms with van der Waals surface area (Å²) in [6.45, 7) is 4.04. The van der Waals surface area contributed by atoms with E-state index in [0.29, 0.717) is 0 Å². The van der Waals surface area contributed by atoms with Crippen LogP contribution in [0.25, 0.3) is 0 Å². The average molecular weight is 210 g/mol. The third-order valence-corrected chi connectivity index (χ3v) is 2.81. The second-order valence-corrected chi connectivity index (χ2v) is 5.76. The van der Waals surface area contributed by atoms with Crippen molar-refractivity contribution in [2.75, 3.05) is 19.0 Å². The Bertz CT molecular complexity index is 302. The summed E-state index contributed by atoms with van der Waals surface area (Å²) < 4.78 is 0. The summed E-state index contributed by atoms with van der Waals surface area (Å²) in [4.78, 5) is 3.10. The number of nitrogens with zero attached hydrogens (tertiary/aromatic N) is 1. The molecule has 0 fully saturated rings. The van der Waals surface area contributed by atoms with Gasteiger partial charge in [0, 0.05) is 24.7 Å². The van der Waals surface area contributed by atoms with E-state index in [-0.39, 0.29) is 4.87 Å². The first-order valence-electron chi connectivity index (χ1n) is 4.64. The lowest BCUT2D eigenvalue weighted by molar-refractivity contribution is 0.758. The minimum Gasteiger partial charge on any atom is -0.377 e. The molecule has 0 saturated carbocycles. The molecule has 2 N–H and O–H groups in total. The Morgan fingerprint density at radius 1 is 1.21 bits per heavy atom. The number of hydrogen-bond donors (Lipinski definition) is 1. The van der Waals surface area contributed by atoms with Crippen LogP contribution in [0, 0.1) is 0 Å². The number of hydrogen-bond acceptors (Lipinski definition) is 3. The fraction of sp³-hybridized carbons (Fsp3) is 0.455. The Hall–Kier alpha value is -0.670. The molecule has 1 rings (SSSR count). The van der Waals surface area contributed by atoms with Crippen molar-refractivity contribution in [3.8, 4) is 0 Å². The van der Waals surface area contributed by atoms with Crippen LogP contribution in [0.15, 0.2) is 29.2 Å². The van der Waals surface area contributed by atoms with E-state index in [9.17, 15) is 0 Å². The van der Waals surface area contributed by atoms with Gasteiger partial charge in [0.2, 0.25) is 0 Å². The molecule has 0 radical (unpaired) electrons. The lowest BCUT2D eigenvalue weighted by Crippen LogP contribution is -2.27. The number of thioether (sulfide) groups is 1. The van der Waals surface area contributed by atoms with Crippen molar-refractivity contribution in [3.63, 3.8) is 0 Å². The fourth-order valence-electron chi connectivity index (χ4n) is 1.20. The van der Waals surface area contributed by atoms with Gasteiger partial charge in [-0.05, 0) is 26.0 Å². The Kier molecular flexibility index (Phi) is 3.45. The molecule has 0 bridgehead atoms. The molecule has 14 heavy (non-hydrogen) atoms. The molecule has 0 amide bonds. The minimum atomic E-state index is -0.230. The third-order valence-electron chi connectivity index (χ3n) is 1.72. The van der Waals surface area contributed by atoms with Gasteiger partial charge >= 0.3 is 0 Å². The van der Waals surface area contributed by atoms with Crippen molar-refractivity contribution in [2.24, 2.45) is 5.73 Å². The molecule has 0 aromatic heterocycles. The zero-order valence-corrected chi connectivity index (χ0v) is 10.1. The number of nitrogens with two attached hydrogens (primary N) is 1. The van der Waals surface area contributed by atoms with Crippen LogP contribution in [-0.4, -0.2) is 19.0 Å². The molecule has 3 heteroatoms. The minimum absolute atomic E-state index is 0.230. The van der Waals surface area contributed by atoms with Crippen LogP contribution in [0.5, 0.6) is 0 Å². The van der Waals surface area contributed by atoms with Crippen molar-refractivity contribution in [1.29, 1.82) is 0 Å². The molecular formula is C11H18N2S. The summed E-state index contributed by atoms with van der Waals surface area (Å²) >= 11 is 1.69. The van der Waals surface area contributed by atoms with E-state index in [1.54, 1.807) is 11.8 Å². The van der Waals surface area contributed by atoms with Gasteiger partial charge in [0.05, 0.1) is 4.87 Å². The van der Waals surface area contributed by atoms with E-state index in [4.69, 9.17) is 5.73 Å². The second kappa shape index (κ2) is 4.24. The van der Waals surface area contributed by atoms with Gasteiger partial charge in [0.15, 0.2) is 0 Å². The molecule has 1 aromatic carbocycles. The first-order valence-corrected chi connectivity index (χ1v) is 5.46. The van der Waals surface area contributed by atoms with Crippen molar-refractivity contribution >= 4 is 17.4 Å². The van der Waals surface area contributed by atoms with E-state index >= 15 is 0 Å². The van der Waals surface area contributed by atoms with E-state index in [1.165, 1.54) is 10.6 Å². The highest BCUT2D eigenvalue weighted by atomic mass is 32.2. The zero-order valence-electron chi connectivity index (χ0n) is 9.24. The maximum atomic E-state index is 5.98. The molecule has 0 saturated heterocycles. The lowest BCUT2D eigenvalue weighted by Gasteiger charge is -2.22. The van der Waals surface area contributed by atoms with Gasteiger partial charge in [-0.3, -0.25) is 0 Å². The first kappa shape index (κ1) is 11.4. The van der Waals surface area contributed by atoms with E-state index < -0.39 is 0 Å². The predicted octanol–water partition coefficient (Wildman–Crippen LogP) is 2.54. The molecule has 0 unspecified atom stereocenters. The van der Waals surface area contributed by atoms with Gasteiger partial charge < -0.3 is 10.6 Å². The van der Waals surface area contributed by atoms with Gasteiger partial charge in [-0.15, -0.1) is 11.8 Å². The van der Waals surface area contributed by atoms with Crippen LogP contribution < -0.4 is 10.6 Å². The Morgan fingerprint density at radius 2 is 1.79 bits per heavy atom. The molecule has 0 atom stereocenters. The lowest BCUT2D eigenvalue weighted by atomic mass is 10.3. The van der Waals surface area contributed by atoms with Gasteiger partial charge in [0.25, 0.3) is 0 Å². The molecule has 1 aromatic rings. The summed E-state index contributed by atoms with van der Waals surface area (Å²) in [6.07, 6.45) is 0. The fourth-order valence-corrected chi connectivity index (χ4v) is 2.26. The topological polar surface area (TPSA) is 29.3 Å². The van der Waals surface area contributed by atoms with Crippen LogP contribution in [0.4, 0.5) is 5.69 Å². The highest BCUT2D eigenvalue weighted by Crippen LogP contribution is 2.34. The molecule has 0 aliphatic rings. The van der Waals surface area contributed by atoms with E-state index in [1.807, 2.05) is 40.1 Å². The molecule has 0 aliphatic carbocycles. The van der Waals surface area contributed by atoms with Crippen molar-refractivity contribution < 1.29 is 0 Å². The Balaban J connectivity index is 2.96. The summed E-state index contributed by atoms with van der Waals surface area (Å²) in [5, 5.41) is 0. The molecule has 0 spiro atoms. The van der Waals surface area contributed by atoms with Gasteiger partial charge in [-0.1, -0.05) is 12.1 Å². The van der Waals surface area contributed by atoms with Crippen LogP contribution in [0.1, 0.15) is 13.8 Å². The highest BCUT2D eigenvalue weighted by molar-refractivity contribution is 8.00. The van der Waals surface area contributed by atoms with E-state index in [2.05, 4.69) is 17.0 Å². The first-order chi connectivity index (χ1) is 6.40. The summed E-state index contributed by atoms with van der Waals surface area (Å²) in [5.41, 5.74) is 7.20. The van der Waals surface area contributed by atoms with Crippen molar-refractivity contribution in [2.45, 2.75) is 23.6 Å². The van der Waals surface area contributed by atoms with E-state index in [0.717, 1.165) is 0 Å². The maximum absolute atomic E-state index is 5.98. The normalized spacial score (nSPS) is 11.5. The summed E-state index contributed by atoms with van der Waals surface area (Å²) in [5.74, 6) is 0. The number of rotatable bonds is 3. The predicted molar refractivity (Wildman–Crippen MR) is 64.9 cm³/mol. The summed E-state index contributed by atoms with van der Waals surface area (Å²) in [7, 11) is 4.09. The number of anilines is 1. The maximum Gasteiger partial charge on any atom is 0.0610 e. The van der Waals surface area contributed by atoms with Crippen molar-refractivity contribution in [1.82, 2.24) is 0 Å². The van der Waals surface area contributed by atoms with Gasteiger partial charge in [-0.2, -0.15) is 0 Å². The Morgan fingerprint density at radius 3 is 2.29 bits per heavy atom. The SMILES string of the molecule is CN(C)c1ccccc1SC(C)(C)N. The largest absolute Gasteiger partial charge is 0.377 e. The van der Waals surface area contributed by atoms with Gasteiger partial charge in [-0.25, -0.2) is 0 Å². The number of benzene rings is 1. The zero-order chi connectivity index (χ0) is 10.8. The number of para-hydroxylation sites is 1. The standard InChI is InChI=1S/C11H18N2S/c1-11(2,12)14-10-8-6-5-7-9(10)13(3)4/h5-8H,12H2,1-4H3. The van der Waals surface area contributed by atoms with Crippen LogP contribution in [0.2, 0.25) is 0 Å². The molecule has 2 nitrogen and oxygen atoms in total.